The van der Waals surface area contributed by atoms with Gasteiger partial charge in [0.15, 0.2) is 0 Å². The van der Waals surface area contributed by atoms with Crippen LogP contribution >= 0.6 is 0 Å². The number of carbonyl (C=O) groups excluding carboxylic acids is 2. The quantitative estimate of drug-likeness (QED) is 0.202. The molecule has 2 amide bonds. The SMILES string of the molecule is O=C([C@H](Cc1ccccc1)N(Cc1ccc(N2CCOCC2)nc1)C(=O)C=Cc1ccc(C(F)(F)F)cc1)N1CCc2ccccc2C1. The van der Waals surface area contributed by atoms with Crippen LogP contribution in [0.2, 0.25) is 0 Å². The number of carbonyl (C=O) groups is 2. The van der Waals surface area contributed by atoms with Gasteiger partial charge in [-0.1, -0.05) is 72.8 Å². The maximum atomic E-state index is 14.5. The van der Waals surface area contributed by atoms with Crippen molar-refractivity contribution in [1.82, 2.24) is 14.8 Å². The van der Waals surface area contributed by atoms with Crippen LogP contribution in [0, 0.1) is 0 Å². The van der Waals surface area contributed by atoms with Crippen LogP contribution in [-0.2, 0) is 46.4 Å². The highest BCUT2D eigenvalue weighted by Crippen LogP contribution is 2.29. The zero-order chi connectivity index (χ0) is 33.5. The lowest BCUT2D eigenvalue weighted by Crippen LogP contribution is -2.52. The van der Waals surface area contributed by atoms with Crippen molar-refractivity contribution in [3.63, 3.8) is 0 Å². The third-order valence-electron chi connectivity index (χ3n) is 8.81. The molecule has 0 N–H and O–H groups in total. The highest BCUT2D eigenvalue weighted by atomic mass is 19.4. The topological polar surface area (TPSA) is 66.0 Å². The van der Waals surface area contributed by atoms with Gasteiger partial charge in [0.05, 0.1) is 18.8 Å². The Morgan fingerprint density at radius 3 is 2.25 bits per heavy atom. The van der Waals surface area contributed by atoms with Crippen molar-refractivity contribution in [1.29, 1.82) is 0 Å². The molecule has 10 heteroatoms. The maximum Gasteiger partial charge on any atom is 0.416 e. The van der Waals surface area contributed by atoms with Crippen molar-refractivity contribution in [2.75, 3.05) is 37.7 Å². The minimum absolute atomic E-state index is 0.111. The van der Waals surface area contributed by atoms with Gasteiger partial charge < -0.3 is 19.4 Å². The van der Waals surface area contributed by atoms with E-state index in [2.05, 4.69) is 16.0 Å². The van der Waals surface area contributed by atoms with Crippen LogP contribution in [0.25, 0.3) is 6.08 Å². The predicted octanol–water partition coefficient (Wildman–Crippen LogP) is 6.18. The summed E-state index contributed by atoms with van der Waals surface area (Å²) in [5.41, 5.74) is 3.61. The average Bonchev–Trinajstić information content (AvgIpc) is 3.12. The second kappa shape index (κ2) is 14.9. The van der Waals surface area contributed by atoms with Crippen molar-refractivity contribution in [3.8, 4) is 0 Å². The number of nitrogens with zero attached hydrogens (tertiary/aromatic N) is 4. The number of hydrogen-bond donors (Lipinski definition) is 0. The Labute approximate surface area is 278 Å². The minimum Gasteiger partial charge on any atom is -0.378 e. The van der Waals surface area contributed by atoms with Crippen molar-refractivity contribution < 1.29 is 27.5 Å². The van der Waals surface area contributed by atoms with Gasteiger partial charge in [-0.05, 0) is 58.5 Å². The summed E-state index contributed by atoms with van der Waals surface area (Å²) in [4.78, 5) is 38.8. The van der Waals surface area contributed by atoms with Crippen LogP contribution in [0.1, 0.15) is 33.4 Å². The Bertz CT molecular complexity index is 1720. The van der Waals surface area contributed by atoms with Gasteiger partial charge in [0.1, 0.15) is 11.9 Å². The molecule has 7 nitrogen and oxygen atoms in total. The summed E-state index contributed by atoms with van der Waals surface area (Å²) in [7, 11) is 0. The molecular weight excluding hydrogens is 617 g/mol. The van der Waals surface area contributed by atoms with E-state index in [4.69, 9.17) is 4.74 Å². The second-order valence-electron chi connectivity index (χ2n) is 12.0. The Morgan fingerprint density at radius 1 is 0.854 bits per heavy atom. The first-order chi connectivity index (χ1) is 23.2. The lowest BCUT2D eigenvalue weighted by molar-refractivity contribution is -0.144. The zero-order valence-corrected chi connectivity index (χ0v) is 26.5. The highest BCUT2D eigenvalue weighted by molar-refractivity contribution is 5.95. The van der Waals surface area contributed by atoms with Crippen LogP contribution in [0.3, 0.4) is 0 Å². The number of rotatable bonds is 9. The van der Waals surface area contributed by atoms with Gasteiger partial charge in [-0.2, -0.15) is 13.2 Å². The van der Waals surface area contributed by atoms with E-state index in [1.54, 1.807) is 11.1 Å². The van der Waals surface area contributed by atoms with Gasteiger partial charge >= 0.3 is 6.18 Å². The zero-order valence-electron chi connectivity index (χ0n) is 26.5. The molecule has 6 rings (SSSR count). The van der Waals surface area contributed by atoms with E-state index in [0.29, 0.717) is 38.3 Å². The van der Waals surface area contributed by atoms with Crippen molar-refractivity contribution >= 4 is 23.7 Å². The molecule has 2 aliphatic rings. The number of amides is 2. The van der Waals surface area contributed by atoms with Gasteiger partial charge in [-0.3, -0.25) is 9.59 Å². The molecule has 2 aliphatic heterocycles. The fourth-order valence-electron chi connectivity index (χ4n) is 6.14. The molecule has 3 heterocycles. The number of hydrogen-bond acceptors (Lipinski definition) is 5. The van der Waals surface area contributed by atoms with E-state index in [0.717, 1.165) is 47.7 Å². The van der Waals surface area contributed by atoms with Crippen molar-refractivity contribution in [2.45, 2.75) is 38.1 Å². The molecule has 1 saturated heterocycles. The molecule has 48 heavy (non-hydrogen) atoms. The fourth-order valence-corrected chi connectivity index (χ4v) is 6.14. The molecule has 1 aromatic heterocycles. The summed E-state index contributed by atoms with van der Waals surface area (Å²) in [5.74, 6) is 0.215. The summed E-state index contributed by atoms with van der Waals surface area (Å²) < 4.78 is 44.8. The lowest BCUT2D eigenvalue weighted by Gasteiger charge is -2.37. The van der Waals surface area contributed by atoms with Gasteiger partial charge in [-0.15, -0.1) is 0 Å². The first-order valence-electron chi connectivity index (χ1n) is 16.1. The molecule has 4 aromatic rings. The monoisotopic (exact) mass is 654 g/mol. The van der Waals surface area contributed by atoms with E-state index < -0.39 is 23.7 Å². The van der Waals surface area contributed by atoms with Crippen molar-refractivity contribution in [3.05, 3.63) is 137 Å². The number of pyridine rings is 1. The van der Waals surface area contributed by atoms with E-state index in [1.807, 2.05) is 65.6 Å². The number of ether oxygens (including phenoxy) is 1. The first-order valence-corrected chi connectivity index (χ1v) is 16.1. The molecule has 248 valence electrons. The van der Waals surface area contributed by atoms with E-state index in [1.165, 1.54) is 29.8 Å². The molecule has 0 aliphatic carbocycles. The van der Waals surface area contributed by atoms with E-state index in [-0.39, 0.29) is 18.9 Å². The summed E-state index contributed by atoms with van der Waals surface area (Å²) >= 11 is 0. The van der Waals surface area contributed by atoms with Gasteiger partial charge in [0.2, 0.25) is 11.8 Å². The largest absolute Gasteiger partial charge is 0.416 e. The molecule has 0 bridgehead atoms. The molecule has 0 unspecified atom stereocenters. The number of aromatic nitrogens is 1. The summed E-state index contributed by atoms with van der Waals surface area (Å²) in [6.45, 7) is 3.80. The second-order valence-corrected chi connectivity index (χ2v) is 12.0. The molecule has 0 radical (unpaired) electrons. The number of fused-ring (bicyclic) bond motifs is 1. The number of morpholine rings is 1. The number of benzene rings is 3. The third-order valence-corrected chi connectivity index (χ3v) is 8.81. The molecule has 1 fully saturated rings. The van der Waals surface area contributed by atoms with Crippen LogP contribution < -0.4 is 4.90 Å². The van der Waals surface area contributed by atoms with Crippen LogP contribution in [0.4, 0.5) is 19.0 Å². The molecule has 1 atom stereocenters. The summed E-state index contributed by atoms with van der Waals surface area (Å²) in [6, 6.07) is 25.2. The van der Waals surface area contributed by atoms with Gasteiger partial charge in [0, 0.05) is 51.4 Å². The van der Waals surface area contributed by atoms with E-state index in [9.17, 15) is 22.8 Å². The molecule has 0 spiro atoms. The van der Waals surface area contributed by atoms with Gasteiger partial charge in [0.25, 0.3) is 0 Å². The Balaban J connectivity index is 1.32. The Kier molecular flexibility index (Phi) is 10.2. The Morgan fingerprint density at radius 2 is 1.56 bits per heavy atom. The van der Waals surface area contributed by atoms with E-state index >= 15 is 0 Å². The third kappa shape index (κ3) is 8.12. The van der Waals surface area contributed by atoms with Gasteiger partial charge in [-0.25, -0.2) is 4.98 Å². The maximum absolute atomic E-state index is 14.5. The molecule has 3 aromatic carbocycles. The number of alkyl halides is 3. The predicted molar refractivity (Wildman–Crippen MR) is 178 cm³/mol. The summed E-state index contributed by atoms with van der Waals surface area (Å²) in [5, 5.41) is 0. The van der Waals surface area contributed by atoms with Crippen LogP contribution in [0.15, 0.2) is 103 Å². The fraction of sp³-hybridized carbons (Fsp3) is 0.289. The van der Waals surface area contributed by atoms with Crippen LogP contribution in [0.5, 0.6) is 0 Å². The molecule has 0 saturated carbocycles. The lowest BCUT2D eigenvalue weighted by atomic mass is 9.97. The van der Waals surface area contributed by atoms with Crippen LogP contribution in [-0.4, -0.2) is 65.5 Å². The normalized spacial score (nSPS) is 15.6. The minimum atomic E-state index is -4.46. The average molecular weight is 655 g/mol. The highest BCUT2D eigenvalue weighted by Gasteiger charge is 2.34. The smallest absolute Gasteiger partial charge is 0.378 e. The van der Waals surface area contributed by atoms with Crippen molar-refractivity contribution in [2.24, 2.45) is 0 Å². The number of halogens is 3. The molecular formula is C38H37F3N4O3. The Hall–Kier alpha value is -4.96. The number of anilines is 1. The summed E-state index contributed by atoms with van der Waals surface area (Å²) in [6.07, 6.45) is 1.09. The standard InChI is InChI=1S/C38H37F3N4O3/c39-38(40,41)33-14-10-28(11-15-33)13-17-36(46)45(26-30-12-16-35(42-25-30)43-20-22-48-23-21-43)34(24-29-6-2-1-3-7-29)37(47)44-19-18-31-8-4-5-9-32(31)27-44/h1-17,25,34H,18-24,26-27H2/t34-/m0/s1. The first kappa shape index (κ1) is 33.0.